The Morgan fingerprint density at radius 2 is 2.00 bits per heavy atom. The Labute approximate surface area is 115 Å². The van der Waals surface area contributed by atoms with E-state index in [1.54, 1.807) is 37.3 Å². The maximum absolute atomic E-state index is 10.8. The van der Waals surface area contributed by atoms with E-state index in [9.17, 15) is 15.2 Å². The predicted molar refractivity (Wildman–Crippen MR) is 72.4 cm³/mol. The van der Waals surface area contributed by atoms with Crippen molar-refractivity contribution in [3.05, 3.63) is 64.3 Å². The summed E-state index contributed by atoms with van der Waals surface area (Å²) in [5, 5.41) is 21.2. The number of aliphatic hydroxyl groups is 1. The number of pyridine rings is 1. The van der Waals surface area contributed by atoms with Crippen LogP contribution >= 0.6 is 0 Å². The van der Waals surface area contributed by atoms with Crippen LogP contribution in [0.1, 0.15) is 12.5 Å². The first-order chi connectivity index (χ1) is 9.50. The lowest BCUT2D eigenvalue weighted by molar-refractivity contribution is -0.390. The summed E-state index contributed by atoms with van der Waals surface area (Å²) < 4.78 is 5.36. The lowest BCUT2D eigenvalue weighted by Crippen LogP contribution is -2.29. The molecule has 2 aromatic rings. The lowest BCUT2D eigenvalue weighted by atomic mass is 9.97. The lowest BCUT2D eigenvalue weighted by Gasteiger charge is -2.23. The average molecular weight is 274 g/mol. The number of ether oxygens (including phenoxy) is 1. The van der Waals surface area contributed by atoms with E-state index < -0.39 is 10.5 Å². The molecule has 1 unspecified atom stereocenters. The molecule has 0 bridgehead atoms. The minimum absolute atomic E-state index is 0.0358. The van der Waals surface area contributed by atoms with Crippen molar-refractivity contribution in [3.63, 3.8) is 0 Å². The van der Waals surface area contributed by atoms with Gasteiger partial charge in [0.25, 0.3) is 0 Å². The molecule has 0 saturated carbocycles. The van der Waals surface area contributed by atoms with Gasteiger partial charge in [0, 0.05) is 0 Å². The molecule has 0 aliphatic rings. The smallest absolute Gasteiger partial charge is 0.406 e. The van der Waals surface area contributed by atoms with Gasteiger partial charge in [-0.05, 0) is 34.5 Å². The van der Waals surface area contributed by atoms with Crippen LogP contribution in [0.2, 0.25) is 0 Å². The first-order valence-electron chi connectivity index (χ1n) is 6.01. The second-order valence-corrected chi connectivity index (χ2v) is 4.51. The van der Waals surface area contributed by atoms with Gasteiger partial charge in [0.2, 0.25) is 5.75 Å². The Kier molecular flexibility index (Phi) is 3.95. The number of nitro groups is 1. The van der Waals surface area contributed by atoms with Gasteiger partial charge >= 0.3 is 5.82 Å². The molecule has 104 valence electrons. The molecule has 0 spiro atoms. The molecule has 6 nitrogen and oxygen atoms in total. The Bertz CT molecular complexity index is 599. The van der Waals surface area contributed by atoms with Gasteiger partial charge < -0.3 is 20.0 Å². The molecule has 1 heterocycles. The molecule has 1 aromatic carbocycles. The Morgan fingerprint density at radius 3 is 2.65 bits per heavy atom. The number of aromatic nitrogens is 1. The van der Waals surface area contributed by atoms with Gasteiger partial charge in [-0.15, -0.1) is 0 Å². The van der Waals surface area contributed by atoms with Gasteiger partial charge in [-0.25, -0.2) is 0 Å². The minimum atomic E-state index is -1.25. The molecule has 1 N–H and O–H groups in total. The summed E-state index contributed by atoms with van der Waals surface area (Å²) >= 11 is 0. The van der Waals surface area contributed by atoms with E-state index in [0.29, 0.717) is 5.56 Å². The third-order valence-corrected chi connectivity index (χ3v) is 2.83. The molecule has 0 aliphatic carbocycles. The summed E-state index contributed by atoms with van der Waals surface area (Å²) in [6.07, 6.45) is 1.32. The topological polar surface area (TPSA) is 85.5 Å². The highest BCUT2D eigenvalue weighted by Gasteiger charge is 2.26. The third-order valence-electron chi connectivity index (χ3n) is 2.83. The van der Waals surface area contributed by atoms with Crippen LogP contribution < -0.4 is 4.74 Å². The Morgan fingerprint density at radius 1 is 1.30 bits per heavy atom. The van der Waals surface area contributed by atoms with Crippen molar-refractivity contribution in [3.8, 4) is 5.75 Å². The SMILES string of the molecule is CC(O)(COc1cccnc1[N+](=O)[O-])c1ccccc1. The molecule has 1 atom stereocenters. The van der Waals surface area contributed by atoms with Crippen molar-refractivity contribution in [1.29, 1.82) is 0 Å². The highest BCUT2D eigenvalue weighted by Crippen LogP contribution is 2.26. The molecule has 6 heteroatoms. The average Bonchev–Trinajstić information content (AvgIpc) is 2.46. The number of nitrogens with zero attached hydrogens (tertiary/aromatic N) is 2. The molecule has 2 rings (SSSR count). The number of hydrogen-bond donors (Lipinski definition) is 1. The summed E-state index contributed by atoms with van der Waals surface area (Å²) in [7, 11) is 0. The standard InChI is InChI=1S/C14H14N2O4/c1-14(17,11-6-3-2-4-7-11)10-20-12-8-5-9-15-13(12)16(18)19/h2-9,17H,10H2,1H3. The van der Waals surface area contributed by atoms with Crippen LogP contribution in [-0.2, 0) is 5.60 Å². The Balaban J connectivity index is 2.15. The normalized spacial score (nSPS) is 13.5. The molecule has 0 amide bonds. The first kappa shape index (κ1) is 14.0. The van der Waals surface area contributed by atoms with Crippen molar-refractivity contribution in [2.45, 2.75) is 12.5 Å². The molecule has 0 aliphatic heterocycles. The molecular formula is C14H14N2O4. The van der Waals surface area contributed by atoms with Crippen molar-refractivity contribution < 1.29 is 14.8 Å². The fraction of sp³-hybridized carbons (Fsp3) is 0.214. The van der Waals surface area contributed by atoms with Gasteiger partial charge in [-0.1, -0.05) is 30.3 Å². The van der Waals surface area contributed by atoms with E-state index in [4.69, 9.17) is 4.74 Å². The minimum Gasteiger partial charge on any atom is -0.482 e. The van der Waals surface area contributed by atoms with E-state index >= 15 is 0 Å². The molecule has 0 fully saturated rings. The summed E-state index contributed by atoms with van der Waals surface area (Å²) in [5.74, 6) is -0.329. The van der Waals surface area contributed by atoms with Gasteiger partial charge in [-0.3, -0.25) is 0 Å². The third kappa shape index (κ3) is 3.10. The van der Waals surface area contributed by atoms with E-state index in [1.165, 1.54) is 12.3 Å². The molecule has 20 heavy (non-hydrogen) atoms. The van der Waals surface area contributed by atoms with Crippen molar-refractivity contribution in [2.75, 3.05) is 6.61 Å². The fourth-order valence-corrected chi connectivity index (χ4v) is 1.73. The zero-order chi connectivity index (χ0) is 14.6. The highest BCUT2D eigenvalue weighted by atomic mass is 16.6. The summed E-state index contributed by atoms with van der Waals surface area (Å²) in [6.45, 7) is 1.48. The number of rotatable bonds is 5. The van der Waals surface area contributed by atoms with E-state index in [-0.39, 0.29) is 18.2 Å². The second-order valence-electron chi connectivity index (χ2n) is 4.51. The van der Waals surface area contributed by atoms with Gasteiger partial charge in [-0.2, -0.15) is 0 Å². The van der Waals surface area contributed by atoms with Crippen LogP contribution in [0.15, 0.2) is 48.7 Å². The van der Waals surface area contributed by atoms with E-state index in [0.717, 1.165) is 0 Å². The Hall–Kier alpha value is -2.47. The van der Waals surface area contributed by atoms with E-state index in [1.807, 2.05) is 6.07 Å². The maximum atomic E-state index is 10.8. The fourth-order valence-electron chi connectivity index (χ4n) is 1.73. The summed E-state index contributed by atoms with van der Waals surface area (Å²) in [6, 6.07) is 12.0. The van der Waals surface area contributed by atoms with Gasteiger partial charge in [0.15, 0.2) is 0 Å². The molecular weight excluding hydrogens is 260 g/mol. The zero-order valence-corrected chi connectivity index (χ0v) is 10.9. The summed E-state index contributed by atoms with van der Waals surface area (Å²) in [5.41, 5.74) is -0.572. The van der Waals surface area contributed by atoms with Crippen LogP contribution in [0, 0.1) is 10.1 Å². The summed E-state index contributed by atoms with van der Waals surface area (Å²) in [4.78, 5) is 13.8. The zero-order valence-electron chi connectivity index (χ0n) is 10.9. The molecule has 1 aromatic heterocycles. The van der Waals surface area contributed by atoms with Crippen LogP contribution in [0.25, 0.3) is 0 Å². The van der Waals surface area contributed by atoms with Crippen LogP contribution in [-0.4, -0.2) is 21.6 Å². The monoisotopic (exact) mass is 274 g/mol. The largest absolute Gasteiger partial charge is 0.482 e. The van der Waals surface area contributed by atoms with E-state index in [2.05, 4.69) is 4.98 Å². The molecule has 0 saturated heterocycles. The van der Waals surface area contributed by atoms with Gasteiger partial charge in [0.05, 0.1) is 0 Å². The van der Waals surface area contributed by atoms with Crippen LogP contribution in [0.5, 0.6) is 5.75 Å². The van der Waals surface area contributed by atoms with Crippen molar-refractivity contribution in [1.82, 2.24) is 4.98 Å². The predicted octanol–water partition coefficient (Wildman–Crippen LogP) is 2.28. The van der Waals surface area contributed by atoms with Gasteiger partial charge in [0.1, 0.15) is 18.4 Å². The first-order valence-corrected chi connectivity index (χ1v) is 6.01. The number of hydrogen-bond acceptors (Lipinski definition) is 5. The highest BCUT2D eigenvalue weighted by molar-refractivity contribution is 5.38. The number of benzene rings is 1. The van der Waals surface area contributed by atoms with Crippen LogP contribution in [0.3, 0.4) is 0 Å². The van der Waals surface area contributed by atoms with Crippen molar-refractivity contribution >= 4 is 5.82 Å². The molecule has 0 radical (unpaired) electrons. The second kappa shape index (κ2) is 5.66. The maximum Gasteiger partial charge on any atom is 0.406 e. The quantitative estimate of drug-likeness (QED) is 0.667. The van der Waals surface area contributed by atoms with Crippen LogP contribution in [0.4, 0.5) is 5.82 Å². The van der Waals surface area contributed by atoms with Crippen molar-refractivity contribution in [2.24, 2.45) is 0 Å².